The van der Waals surface area contributed by atoms with Crippen molar-refractivity contribution in [2.75, 3.05) is 65.1 Å². The van der Waals surface area contributed by atoms with Gasteiger partial charge in [0.15, 0.2) is 5.96 Å². The minimum absolute atomic E-state index is 0.736. The molecule has 1 aliphatic heterocycles. The third-order valence-electron chi connectivity index (χ3n) is 5.03. The van der Waals surface area contributed by atoms with Crippen LogP contribution in [0.25, 0.3) is 0 Å². The minimum atomic E-state index is 0.736. The molecule has 0 spiro atoms. The largest absolute Gasteiger partial charge is 0.379 e. The van der Waals surface area contributed by atoms with Crippen LogP contribution in [0.4, 0.5) is 5.69 Å². The second-order valence-corrected chi connectivity index (χ2v) is 8.13. The van der Waals surface area contributed by atoms with Gasteiger partial charge in [-0.05, 0) is 36.5 Å². The lowest BCUT2D eigenvalue weighted by Crippen LogP contribution is -2.41. The lowest BCUT2D eigenvalue weighted by molar-refractivity contribution is 0.115. The number of hydrogen-bond acceptors (Lipinski definition) is 4. The quantitative estimate of drug-likeness (QED) is 0.384. The van der Waals surface area contributed by atoms with Crippen molar-refractivity contribution in [1.29, 1.82) is 0 Å². The first-order valence-electron chi connectivity index (χ1n) is 9.78. The molecule has 1 saturated heterocycles. The van der Waals surface area contributed by atoms with Gasteiger partial charge < -0.3 is 24.6 Å². The van der Waals surface area contributed by atoms with Gasteiger partial charge in [-0.15, -0.1) is 0 Å². The number of morpholine rings is 1. The van der Waals surface area contributed by atoms with Crippen LogP contribution in [0.1, 0.15) is 18.4 Å². The molecule has 3 rings (SSSR count). The normalized spacial score (nSPS) is 17.9. The molecule has 2 aliphatic rings. The second kappa shape index (κ2) is 10.3. The van der Waals surface area contributed by atoms with Gasteiger partial charge in [0.1, 0.15) is 0 Å². The Morgan fingerprint density at radius 3 is 2.85 bits per heavy atom. The first-order chi connectivity index (χ1) is 13.2. The Balaban J connectivity index is 1.53. The number of anilines is 1. The molecule has 1 aromatic rings. The molecule has 2 fully saturated rings. The molecule has 1 N–H and O–H groups in total. The number of aliphatic imine (C=N–C) groups is 1. The smallest absolute Gasteiger partial charge is 0.193 e. The summed E-state index contributed by atoms with van der Waals surface area (Å²) in [6.07, 6.45) is 2.66. The highest BCUT2D eigenvalue weighted by atomic mass is 79.9. The van der Waals surface area contributed by atoms with Gasteiger partial charge in [-0.1, -0.05) is 22.0 Å². The topological polar surface area (TPSA) is 49.3 Å². The Morgan fingerprint density at radius 2 is 2.15 bits per heavy atom. The van der Waals surface area contributed by atoms with Crippen LogP contribution >= 0.6 is 15.9 Å². The van der Waals surface area contributed by atoms with E-state index >= 15 is 0 Å². The van der Waals surface area contributed by atoms with E-state index in [4.69, 9.17) is 9.47 Å². The third kappa shape index (κ3) is 6.36. The predicted molar refractivity (Wildman–Crippen MR) is 114 cm³/mol. The van der Waals surface area contributed by atoms with Crippen LogP contribution in [-0.4, -0.2) is 71.0 Å². The fraction of sp³-hybridized carbons (Fsp3) is 0.650. The summed E-state index contributed by atoms with van der Waals surface area (Å²) < 4.78 is 12.3. The summed E-state index contributed by atoms with van der Waals surface area (Å²) in [5, 5.41) is 3.49. The van der Waals surface area contributed by atoms with Crippen molar-refractivity contribution in [3.05, 3.63) is 28.2 Å². The lowest BCUT2D eigenvalue weighted by Gasteiger charge is -2.31. The summed E-state index contributed by atoms with van der Waals surface area (Å²) in [5.41, 5.74) is 2.52. The van der Waals surface area contributed by atoms with Gasteiger partial charge in [0.2, 0.25) is 0 Å². The van der Waals surface area contributed by atoms with Crippen molar-refractivity contribution >= 4 is 27.6 Å². The maximum absolute atomic E-state index is 5.75. The molecular formula is C20H31BrN4O2. The molecule has 7 heteroatoms. The Hall–Kier alpha value is -1.31. The van der Waals surface area contributed by atoms with E-state index in [0.717, 1.165) is 69.0 Å². The molecule has 0 amide bonds. The van der Waals surface area contributed by atoms with Crippen LogP contribution in [0.5, 0.6) is 0 Å². The van der Waals surface area contributed by atoms with Crippen molar-refractivity contribution < 1.29 is 9.47 Å². The number of guanidine groups is 1. The first kappa shape index (κ1) is 20.4. The van der Waals surface area contributed by atoms with E-state index < -0.39 is 0 Å². The van der Waals surface area contributed by atoms with Gasteiger partial charge >= 0.3 is 0 Å². The van der Waals surface area contributed by atoms with Crippen molar-refractivity contribution in [1.82, 2.24) is 10.2 Å². The Kier molecular flexibility index (Phi) is 7.79. The van der Waals surface area contributed by atoms with Crippen molar-refractivity contribution in [2.24, 2.45) is 10.9 Å². The van der Waals surface area contributed by atoms with Gasteiger partial charge in [0.25, 0.3) is 0 Å². The van der Waals surface area contributed by atoms with E-state index in [1.807, 2.05) is 7.05 Å². The molecule has 1 aromatic carbocycles. The number of nitrogens with one attached hydrogen (secondary N) is 1. The summed E-state index contributed by atoms with van der Waals surface area (Å²) in [6, 6.07) is 6.47. The van der Waals surface area contributed by atoms with Gasteiger partial charge in [-0.3, -0.25) is 4.99 Å². The average molecular weight is 439 g/mol. The van der Waals surface area contributed by atoms with Crippen LogP contribution in [0.3, 0.4) is 0 Å². The SMILES string of the molecule is CN=C(NCc1ccc(Br)cc1N1CCOCC1)N(C)CCOCC1CC1. The number of rotatable bonds is 8. The summed E-state index contributed by atoms with van der Waals surface area (Å²) >= 11 is 3.61. The number of hydrogen-bond donors (Lipinski definition) is 1. The highest BCUT2D eigenvalue weighted by Gasteiger charge is 2.21. The van der Waals surface area contributed by atoms with Gasteiger partial charge in [0.05, 0.1) is 19.8 Å². The summed E-state index contributed by atoms with van der Waals surface area (Å²) in [6.45, 7) is 6.64. The zero-order valence-corrected chi connectivity index (χ0v) is 18.0. The van der Waals surface area contributed by atoms with Gasteiger partial charge in [-0.25, -0.2) is 0 Å². The monoisotopic (exact) mass is 438 g/mol. The number of halogens is 1. The van der Waals surface area contributed by atoms with Crippen LogP contribution < -0.4 is 10.2 Å². The fourth-order valence-electron chi connectivity index (χ4n) is 3.19. The zero-order valence-electron chi connectivity index (χ0n) is 16.4. The predicted octanol–water partition coefficient (Wildman–Crippen LogP) is 2.72. The molecule has 0 aromatic heterocycles. The van der Waals surface area contributed by atoms with Crippen molar-refractivity contribution in [3.63, 3.8) is 0 Å². The molecule has 150 valence electrons. The van der Waals surface area contributed by atoms with E-state index in [-0.39, 0.29) is 0 Å². The number of benzene rings is 1. The maximum atomic E-state index is 5.75. The molecule has 0 atom stereocenters. The summed E-state index contributed by atoms with van der Waals surface area (Å²) in [5.74, 6) is 1.70. The van der Waals surface area contributed by atoms with Crippen LogP contribution in [0.2, 0.25) is 0 Å². The summed E-state index contributed by atoms with van der Waals surface area (Å²) in [4.78, 5) is 8.94. The minimum Gasteiger partial charge on any atom is -0.379 e. The standard InChI is InChI=1S/C20H31BrN4O2/c1-22-20(24(2)7-10-27-15-16-3-4-16)23-14-17-5-6-18(21)13-19(17)25-8-11-26-12-9-25/h5-6,13,16H,3-4,7-12,14-15H2,1-2H3,(H,22,23). The van der Waals surface area contributed by atoms with Gasteiger partial charge in [0, 0.05) is 57.0 Å². The van der Waals surface area contributed by atoms with E-state index in [2.05, 4.69) is 61.3 Å². The Bertz CT molecular complexity index is 630. The van der Waals surface area contributed by atoms with Crippen molar-refractivity contribution in [3.8, 4) is 0 Å². The molecule has 1 heterocycles. The highest BCUT2D eigenvalue weighted by Crippen LogP contribution is 2.28. The number of ether oxygens (including phenoxy) is 2. The fourth-order valence-corrected chi connectivity index (χ4v) is 3.54. The highest BCUT2D eigenvalue weighted by molar-refractivity contribution is 9.10. The third-order valence-corrected chi connectivity index (χ3v) is 5.52. The summed E-state index contributed by atoms with van der Waals surface area (Å²) in [7, 11) is 3.88. The number of nitrogens with zero attached hydrogens (tertiary/aromatic N) is 3. The average Bonchev–Trinajstić information content (AvgIpc) is 3.52. The second-order valence-electron chi connectivity index (χ2n) is 7.21. The first-order valence-corrected chi connectivity index (χ1v) is 10.6. The van der Waals surface area contributed by atoms with E-state index in [1.54, 1.807) is 0 Å². The molecule has 6 nitrogen and oxygen atoms in total. The van der Waals surface area contributed by atoms with E-state index in [0.29, 0.717) is 0 Å². The van der Waals surface area contributed by atoms with Crippen molar-refractivity contribution in [2.45, 2.75) is 19.4 Å². The lowest BCUT2D eigenvalue weighted by atomic mass is 10.1. The molecule has 1 saturated carbocycles. The molecule has 1 aliphatic carbocycles. The molecule has 0 bridgehead atoms. The van der Waals surface area contributed by atoms with E-state index in [1.165, 1.54) is 24.1 Å². The molecular weight excluding hydrogens is 408 g/mol. The van der Waals surface area contributed by atoms with Gasteiger partial charge in [-0.2, -0.15) is 0 Å². The Morgan fingerprint density at radius 1 is 1.37 bits per heavy atom. The molecule has 0 unspecified atom stereocenters. The van der Waals surface area contributed by atoms with Crippen LogP contribution in [0.15, 0.2) is 27.7 Å². The molecule has 27 heavy (non-hydrogen) atoms. The Labute approximate surface area is 171 Å². The molecule has 0 radical (unpaired) electrons. The van der Waals surface area contributed by atoms with Crippen LogP contribution in [0, 0.1) is 5.92 Å². The zero-order chi connectivity index (χ0) is 19.1. The maximum Gasteiger partial charge on any atom is 0.193 e. The van der Waals surface area contributed by atoms with Crippen LogP contribution in [-0.2, 0) is 16.0 Å². The van der Waals surface area contributed by atoms with E-state index in [9.17, 15) is 0 Å². The number of likely N-dealkylation sites (N-methyl/N-ethyl adjacent to an activating group) is 1.